The van der Waals surface area contributed by atoms with Gasteiger partial charge in [-0.25, -0.2) is 4.79 Å². The van der Waals surface area contributed by atoms with E-state index >= 15 is 0 Å². The van der Waals surface area contributed by atoms with Gasteiger partial charge < -0.3 is 19.5 Å². The van der Waals surface area contributed by atoms with E-state index in [9.17, 15) is 9.59 Å². The van der Waals surface area contributed by atoms with Gasteiger partial charge in [0.25, 0.3) is 0 Å². The van der Waals surface area contributed by atoms with Crippen LogP contribution in [0.15, 0.2) is 42.5 Å². The second-order valence-corrected chi connectivity index (χ2v) is 6.77. The lowest BCUT2D eigenvalue weighted by molar-refractivity contribution is -0.139. The molecule has 0 fully saturated rings. The van der Waals surface area contributed by atoms with Gasteiger partial charge in [0.2, 0.25) is 5.91 Å². The Balaban J connectivity index is 1.71. The van der Waals surface area contributed by atoms with Gasteiger partial charge >= 0.3 is 5.97 Å². The van der Waals surface area contributed by atoms with Crippen molar-refractivity contribution in [1.82, 2.24) is 4.90 Å². The van der Waals surface area contributed by atoms with Crippen molar-refractivity contribution in [3.8, 4) is 11.5 Å². The van der Waals surface area contributed by atoms with E-state index in [-0.39, 0.29) is 12.5 Å². The van der Waals surface area contributed by atoms with E-state index in [0.717, 1.165) is 11.3 Å². The molecule has 0 heterocycles. The molecule has 0 saturated carbocycles. The normalized spacial score (nSPS) is 10.4. The molecule has 0 aliphatic heterocycles. The number of aryl methyl sites for hydroxylation is 2. The van der Waals surface area contributed by atoms with Crippen LogP contribution in [-0.2, 0) is 16.1 Å². The molecule has 0 atom stereocenters. The molecule has 2 rings (SSSR count). The quantitative estimate of drug-likeness (QED) is 0.633. The number of ether oxygens (including phenoxy) is 2. The van der Waals surface area contributed by atoms with Crippen LogP contribution >= 0.6 is 0 Å². The minimum Gasteiger partial charge on any atom is -0.494 e. The number of hydrogen-bond acceptors (Lipinski definition) is 4. The van der Waals surface area contributed by atoms with E-state index in [1.165, 1.54) is 11.1 Å². The number of carbonyl (C=O) groups is 2. The molecule has 0 aliphatic rings. The number of carboxylic acids is 1. The second kappa shape index (κ2) is 10.3. The number of carboxylic acid groups (broad SMARTS) is 1. The smallest absolute Gasteiger partial charge is 0.341 e. The molecule has 6 nitrogen and oxygen atoms in total. The molecule has 0 saturated heterocycles. The molecule has 150 valence electrons. The first-order valence-corrected chi connectivity index (χ1v) is 9.22. The summed E-state index contributed by atoms with van der Waals surface area (Å²) in [6.07, 6.45) is 1.07. The van der Waals surface area contributed by atoms with Crippen LogP contribution in [0.4, 0.5) is 0 Å². The van der Waals surface area contributed by atoms with Crippen LogP contribution in [0, 0.1) is 13.8 Å². The number of nitrogens with zero attached hydrogens (tertiary/aromatic N) is 1. The zero-order valence-electron chi connectivity index (χ0n) is 16.6. The number of hydrogen-bond donors (Lipinski definition) is 1. The molecule has 0 aliphatic carbocycles. The summed E-state index contributed by atoms with van der Waals surface area (Å²) in [7, 11) is 1.77. The molecule has 0 aromatic heterocycles. The van der Waals surface area contributed by atoms with Crippen molar-refractivity contribution in [3.05, 3.63) is 59.2 Å². The van der Waals surface area contributed by atoms with Crippen LogP contribution in [0.5, 0.6) is 11.5 Å². The summed E-state index contributed by atoms with van der Waals surface area (Å²) in [5.74, 6) is 0.350. The van der Waals surface area contributed by atoms with Crippen molar-refractivity contribution in [2.45, 2.75) is 33.2 Å². The van der Waals surface area contributed by atoms with Crippen molar-refractivity contribution in [2.24, 2.45) is 0 Å². The Bertz CT molecular complexity index is 801. The van der Waals surface area contributed by atoms with Crippen molar-refractivity contribution < 1.29 is 24.2 Å². The minimum absolute atomic E-state index is 0.0508. The van der Waals surface area contributed by atoms with Crippen LogP contribution in [0.3, 0.4) is 0 Å². The van der Waals surface area contributed by atoms with Gasteiger partial charge in [-0.2, -0.15) is 0 Å². The Morgan fingerprint density at radius 1 is 0.964 bits per heavy atom. The van der Waals surface area contributed by atoms with Gasteiger partial charge in [-0.3, -0.25) is 4.79 Å². The number of carbonyl (C=O) groups excluding carboxylic acids is 1. The van der Waals surface area contributed by atoms with Gasteiger partial charge in [-0.1, -0.05) is 18.2 Å². The Labute approximate surface area is 165 Å². The van der Waals surface area contributed by atoms with E-state index in [1.54, 1.807) is 24.1 Å². The number of aliphatic carboxylic acids is 1. The van der Waals surface area contributed by atoms with Crippen molar-refractivity contribution in [3.63, 3.8) is 0 Å². The monoisotopic (exact) mass is 385 g/mol. The topological polar surface area (TPSA) is 76.1 Å². The summed E-state index contributed by atoms with van der Waals surface area (Å²) >= 11 is 0. The standard InChI is InChI=1S/C22H27NO5/c1-16-6-9-20(13-17(16)2)27-12-4-5-21(24)23(3)14-18-7-10-19(11-8-18)28-15-22(25)26/h6-11,13H,4-5,12,14-15H2,1-3H3,(H,25,26). The van der Waals surface area contributed by atoms with Gasteiger partial charge in [0, 0.05) is 20.0 Å². The Hall–Kier alpha value is -3.02. The Morgan fingerprint density at radius 2 is 1.64 bits per heavy atom. The van der Waals surface area contributed by atoms with Crippen LogP contribution in [0.2, 0.25) is 0 Å². The predicted octanol–water partition coefficient (Wildman–Crippen LogP) is 3.58. The van der Waals surface area contributed by atoms with Gasteiger partial charge in [0.05, 0.1) is 6.61 Å². The van der Waals surface area contributed by atoms with Crippen LogP contribution in [-0.4, -0.2) is 42.1 Å². The molecule has 2 aromatic carbocycles. The molecular weight excluding hydrogens is 358 g/mol. The zero-order valence-corrected chi connectivity index (χ0v) is 16.6. The van der Waals surface area contributed by atoms with Crippen molar-refractivity contribution >= 4 is 11.9 Å². The van der Waals surface area contributed by atoms with Crippen molar-refractivity contribution in [2.75, 3.05) is 20.3 Å². The third-order valence-corrected chi connectivity index (χ3v) is 4.41. The summed E-state index contributed by atoms with van der Waals surface area (Å²) in [5, 5.41) is 8.61. The predicted molar refractivity (Wildman–Crippen MR) is 107 cm³/mol. The van der Waals surface area contributed by atoms with Gasteiger partial charge in [0.1, 0.15) is 11.5 Å². The van der Waals surface area contributed by atoms with Crippen molar-refractivity contribution in [1.29, 1.82) is 0 Å². The van der Waals surface area contributed by atoms with Gasteiger partial charge in [0.15, 0.2) is 6.61 Å². The van der Waals surface area contributed by atoms with E-state index in [2.05, 4.69) is 6.92 Å². The fourth-order valence-corrected chi connectivity index (χ4v) is 2.61. The highest BCUT2D eigenvalue weighted by Crippen LogP contribution is 2.17. The highest BCUT2D eigenvalue weighted by Gasteiger charge is 2.10. The number of benzene rings is 2. The molecule has 1 amide bonds. The average Bonchev–Trinajstić information content (AvgIpc) is 2.67. The number of rotatable bonds is 10. The maximum Gasteiger partial charge on any atom is 0.341 e. The van der Waals surface area contributed by atoms with Crippen LogP contribution in [0.1, 0.15) is 29.5 Å². The highest BCUT2D eigenvalue weighted by atomic mass is 16.5. The SMILES string of the molecule is Cc1ccc(OCCCC(=O)N(C)Cc2ccc(OCC(=O)O)cc2)cc1C. The molecule has 0 bridgehead atoms. The molecule has 6 heteroatoms. The Morgan fingerprint density at radius 3 is 2.29 bits per heavy atom. The van der Waals surface area contributed by atoms with Gasteiger partial charge in [-0.15, -0.1) is 0 Å². The van der Waals surface area contributed by atoms with Crippen LogP contribution < -0.4 is 9.47 Å². The molecule has 2 aromatic rings. The molecular formula is C22H27NO5. The lowest BCUT2D eigenvalue weighted by Gasteiger charge is -2.17. The lowest BCUT2D eigenvalue weighted by atomic mass is 10.1. The maximum atomic E-state index is 12.3. The lowest BCUT2D eigenvalue weighted by Crippen LogP contribution is -2.26. The van der Waals surface area contributed by atoms with Crippen LogP contribution in [0.25, 0.3) is 0 Å². The fourth-order valence-electron chi connectivity index (χ4n) is 2.61. The maximum absolute atomic E-state index is 12.3. The molecule has 0 radical (unpaired) electrons. The largest absolute Gasteiger partial charge is 0.494 e. The molecule has 28 heavy (non-hydrogen) atoms. The first-order chi connectivity index (χ1) is 13.3. The molecule has 0 spiro atoms. The number of amides is 1. The van der Waals surface area contributed by atoms with E-state index in [0.29, 0.717) is 31.7 Å². The Kier molecular flexibility index (Phi) is 7.87. The van der Waals surface area contributed by atoms with E-state index in [4.69, 9.17) is 14.6 Å². The molecule has 0 unspecified atom stereocenters. The fraction of sp³-hybridized carbons (Fsp3) is 0.364. The summed E-state index contributed by atoms with van der Waals surface area (Å²) in [4.78, 5) is 24.5. The third kappa shape index (κ3) is 6.95. The van der Waals surface area contributed by atoms with E-state index in [1.807, 2.05) is 37.3 Å². The summed E-state index contributed by atoms with van der Waals surface area (Å²) in [5.41, 5.74) is 3.36. The summed E-state index contributed by atoms with van der Waals surface area (Å²) in [6.45, 7) is 4.71. The summed E-state index contributed by atoms with van der Waals surface area (Å²) in [6, 6.07) is 13.0. The minimum atomic E-state index is -1.02. The van der Waals surface area contributed by atoms with E-state index < -0.39 is 5.97 Å². The average molecular weight is 385 g/mol. The highest BCUT2D eigenvalue weighted by molar-refractivity contribution is 5.75. The third-order valence-electron chi connectivity index (χ3n) is 4.41. The molecule has 1 N–H and O–H groups in total. The second-order valence-electron chi connectivity index (χ2n) is 6.77. The van der Waals surface area contributed by atoms with Gasteiger partial charge in [-0.05, 0) is 61.2 Å². The zero-order chi connectivity index (χ0) is 20.5. The summed E-state index contributed by atoms with van der Waals surface area (Å²) < 4.78 is 10.8. The first-order valence-electron chi connectivity index (χ1n) is 9.22. The first kappa shape index (κ1) is 21.3.